The molecule has 2 unspecified atom stereocenters. The number of hydrogen-bond donors (Lipinski definition) is 2. The molecule has 1 aliphatic heterocycles. The topological polar surface area (TPSA) is 78.9 Å². The van der Waals surface area contributed by atoms with Gasteiger partial charge in [0.1, 0.15) is 0 Å². The summed E-state index contributed by atoms with van der Waals surface area (Å²) in [5, 5.41) is 12.2. The highest BCUT2D eigenvalue weighted by Gasteiger charge is 2.33. The van der Waals surface area contributed by atoms with Crippen molar-refractivity contribution < 1.29 is 19.4 Å². The van der Waals surface area contributed by atoms with Gasteiger partial charge in [-0.3, -0.25) is 4.79 Å². The molecule has 0 aromatic carbocycles. The minimum atomic E-state index is -0.806. The predicted octanol–water partition coefficient (Wildman–Crippen LogP) is 1.70. The van der Waals surface area contributed by atoms with Crippen molar-refractivity contribution >= 4 is 12.0 Å². The Hall–Kier alpha value is -1.30. The number of aliphatic carboxylic acids is 1. The van der Waals surface area contributed by atoms with Gasteiger partial charge in [0.05, 0.1) is 12.0 Å². The number of nitrogens with zero attached hydrogens (tertiary/aromatic N) is 1. The molecule has 6 heteroatoms. The average Bonchev–Trinajstić information content (AvgIpc) is 2.47. The number of hydrogen-bond acceptors (Lipinski definition) is 3. The van der Waals surface area contributed by atoms with E-state index in [0.29, 0.717) is 25.6 Å². The van der Waals surface area contributed by atoms with E-state index in [9.17, 15) is 9.59 Å². The number of urea groups is 1. The van der Waals surface area contributed by atoms with E-state index in [0.717, 1.165) is 25.7 Å². The number of nitrogens with one attached hydrogen (secondary N) is 1. The Balaban J connectivity index is 1.84. The second kappa shape index (κ2) is 7.11. The zero-order valence-corrected chi connectivity index (χ0v) is 12.9. The third-order valence-corrected chi connectivity index (χ3v) is 4.63. The van der Waals surface area contributed by atoms with Gasteiger partial charge in [-0.25, -0.2) is 4.79 Å². The first-order valence-corrected chi connectivity index (χ1v) is 7.80. The Morgan fingerprint density at radius 2 is 1.86 bits per heavy atom. The first kappa shape index (κ1) is 16.1. The predicted molar refractivity (Wildman–Crippen MR) is 78.1 cm³/mol. The Bertz CT molecular complexity index is 380. The molecule has 0 aromatic rings. The van der Waals surface area contributed by atoms with E-state index in [4.69, 9.17) is 9.84 Å². The van der Waals surface area contributed by atoms with Crippen LogP contribution in [0.4, 0.5) is 4.79 Å². The summed E-state index contributed by atoms with van der Waals surface area (Å²) in [4.78, 5) is 25.1. The summed E-state index contributed by atoms with van der Waals surface area (Å²) in [5.74, 6) is -1.02. The second-order valence-corrected chi connectivity index (χ2v) is 6.44. The van der Waals surface area contributed by atoms with Crippen molar-refractivity contribution in [3.05, 3.63) is 0 Å². The van der Waals surface area contributed by atoms with Gasteiger partial charge in [-0.1, -0.05) is 6.92 Å². The summed E-state index contributed by atoms with van der Waals surface area (Å²) in [6, 6.07) is 0.0677. The van der Waals surface area contributed by atoms with E-state index < -0.39 is 11.9 Å². The molecule has 1 heterocycles. The Morgan fingerprint density at radius 3 is 2.43 bits per heavy atom. The SMILES string of the molecule is COC1CCC(NC(=O)N2CC(C)CC(C(=O)O)C2)CC1. The molecule has 0 spiro atoms. The van der Waals surface area contributed by atoms with Gasteiger partial charge in [0.2, 0.25) is 0 Å². The van der Waals surface area contributed by atoms with Gasteiger partial charge >= 0.3 is 12.0 Å². The fourth-order valence-electron chi connectivity index (χ4n) is 3.41. The Kier molecular flexibility index (Phi) is 5.45. The number of amides is 2. The average molecular weight is 298 g/mol. The lowest BCUT2D eigenvalue weighted by atomic mass is 9.90. The van der Waals surface area contributed by atoms with Crippen LogP contribution in [0.25, 0.3) is 0 Å². The smallest absolute Gasteiger partial charge is 0.317 e. The molecule has 2 rings (SSSR count). The lowest BCUT2D eigenvalue weighted by molar-refractivity contribution is -0.143. The van der Waals surface area contributed by atoms with Crippen LogP contribution in [-0.2, 0) is 9.53 Å². The molecule has 0 bridgehead atoms. The lowest BCUT2D eigenvalue weighted by Crippen LogP contribution is -2.52. The molecule has 2 N–H and O–H groups in total. The van der Waals surface area contributed by atoms with Crippen LogP contribution >= 0.6 is 0 Å². The Labute approximate surface area is 125 Å². The summed E-state index contributed by atoms with van der Waals surface area (Å²) in [7, 11) is 1.73. The quantitative estimate of drug-likeness (QED) is 0.831. The summed E-state index contributed by atoms with van der Waals surface area (Å²) in [5.41, 5.74) is 0. The summed E-state index contributed by atoms with van der Waals surface area (Å²) in [6.07, 6.45) is 4.75. The largest absolute Gasteiger partial charge is 0.481 e. The fraction of sp³-hybridized carbons (Fsp3) is 0.867. The molecule has 2 amide bonds. The highest BCUT2D eigenvalue weighted by Crippen LogP contribution is 2.23. The van der Waals surface area contributed by atoms with Crippen molar-refractivity contribution in [2.75, 3.05) is 20.2 Å². The van der Waals surface area contributed by atoms with Gasteiger partial charge in [-0.15, -0.1) is 0 Å². The summed E-state index contributed by atoms with van der Waals surface area (Å²) < 4.78 is 5.33. The summed E-state index contributed by atoms with van der Waals surface area (Å²) in [6.45, 7) is 2.96. The second-order valence-electron chi connectivity index (χ2n) is 6.44. The number of rotatable bonds is 3. The molecule has 21 heavy (non-hydrogen) atoms. The van der Waals surface area contributed by atoms with Crippen LogP contribution < -0.4 is 5.32 Å². The van der Waals surface area contributed by atoms with Crippen LogP contribution in [0, 0.1) is 11.8 Å². The van der Waals surface area contributed by atoms with Crippen molar-refractivity contribution in [2.45, 2.75) is 51.2 Å². The number of methoxy groups -OCH3 is 1. The van der Waals surface area contributed by atoms with Crippen molar-refractivity contribution in [3.8, 4) is 0 Å². The molecule has 0 radical (unpaired) electrons. The minimum Gasteiger partial charge on any atom is -0.481 e. The highest BCUT2D eigenvalue weighted by molar-refractivity contribution is 5.76. The molecule has 1 saturated carbocycles. The maximum absolute atomic E-state index is 12.3. The van der Waals surface area contributed by atoms with Crippen molar-refractivity contribution in [3.63, 3.8) is 0 Å². The first-order chi connectivity index (χ1) is 9.99. The van der Waals surface area contributed by atoms with Gasteiger partial charge in [0.25, 0.3) is 0 Å². The first-order valence-electron chi connectivity index (χ1n) is 7.80. The van der Waals surface area contributed by atoms with Crippen LogP contribution in [0.1, 0.15) is 39.0 Å². The standard InChI is InChI=1S/C15H26N2O4/c1-10-7-11(14(18)19)9-17(8-10)15(20)16-12-3-5-13(21-2)6-4-12/h10-13H,3-9H2,1-2H3,(H,16,20)(H,18,19). The van der Waals surface area contributed by atoms with Crippen LogP contribution in [-0.4, -0.2) is 54.4 Å². The minimum absolute atomic E-state index is 0.117. The Morgan fingerprint density at radius 1 is 1.19 bits per heavy atom. The van der Waals surface area contributed by atoms with Gasteiger partial charge in [-0.2, -0.15) is 0 Å². The van der Waals surface area contributed by atoms with E-state index >= 15 is 0 Å². The van der Waals surface area contributed by atoms with E-state index in [1.165, 1.54) is 0 Å². The molecule has 2 aliphatic rings. The molecule has 6 nitrogen and oxygen atoms in total. The third kappa shape index (κ3) is 4.33. The van der Waals surface area contributed by atoms with Crippen molar-refractivity contribution in [1.82, 2.24) is 10.2 Å². The van der Waals surface area contributed by atoms with Gasteiger partial charge in [0, 0.05) is 26.2 Å². The number of carbonyl (C=O) groups is 2. The van der Waals surface area contributed by atoms with E-state index in [-0.39, 0.29) is 18.0 Å². The number of carboxylic acid groups (broad SMARTS) is 1. The lowest BCUT2D eigenvalue weighted by Gasteiger charge is -2.36. The number of ether oxygens (including phenoxy) is 1. The highest BCUT2D eigenvalue weighted by atomic mass is 16.5. The van der Waals surface area contributed by atoms with Gasteiger partial charge in [-0.05, 0) is 38.0 Å². The molecule has 120 valence electrons. The zero-order valence-electron chi connectivity index (χ0n) is 12.9. The molecule has 2 atom stereocenters. The fourth-order valence-corrected chi connectivity index (χ4v) is 3.41. The molecule has 2 fully saturated rings. The normalized spacial score (nSPS) is 33.5. The van der Waals surface area contributed by atoms with Crippen molar-refractivity contribution in [1.29, 1.82) is 0 Å². The molecular weight excluding hydrogens is 272 g/mol. The number of piperidine rings is 1. The zero-order chi connectivity index (χ0) is 15.4. The van der Waals surface area contributed by atoms with Crippen molar-refractivity contribution in [2.24, 2.45) is 11.8 Å². The monoisotopic (exact) mass is 298 g/mol. The van der Waals surface area contributed by atoms with E-state index in [2.05, 4.69) is 5.32 Å². The molecule has 0 aromatic heterocycles. The number of likely N-dealkylation sites (tertiary alicyclic amines) is 1. The molecule has 1 saturated heterocycles. The summed E-state index contributed by atoms with van der Waals surface area (Å²) >= 11 is 0. The van der Waals surface area contributed by atoms with E-state index in [1.54, 1.807) is 12.0 Å². The van der Waals surface area contributed by atoms with Crippen LogP contribution in [0.3, 0.4) is 0 Å². The maximum Gasteiger partial charge on any atom is 0.317 e. The molecule has 1 aliphatic carbocycles. The van der Waals surface area contributed by atoms with Gasteiger partial charge < -0.3 is 20.1 Å². The van der Waals surface area contributed by atoms with Gasteiger partial charge in [0.15, 0.2) is 0 Å². The van der Waals surface area contributed by atoms with Crippen LogP contribution in [0.2, 0.25) is 0 Å². The van der Waals surface area contributed by atoms with Crippen LogP contribution in [0.15, 0.2) is 0 Å². The van der Waals surface area contributed by atoms with Crippen LogP contribution in [0.5, 0.6) is 0 Å². The third-order valence-electron chi connectivity index (χ3n) is 4.63. The molecular formula is C15H26N2O4. The van der Waals surface area contributed by atoms with E-state index in [1.807, 2.05) is 6.92 Å². The maximum atomic E-state index is 12.3. The number of carbonyl (C=O) groups excluding carboxylic acids is 1. The number of carboxylic acids is 1.